The van der Waals surface area contributed by atoms with Crippen LogP contribution in [0.5, 0.6) is 0 Å². The minimum absolute atomic E-state index is 0.0182. The Hall–Kier alpha value is -2.34. The zero-order valence-corrected chi connectivity index (χ0v) is 14.4. The van der Waals surface area contributed by atoms with Crippen LogP contribution in [0.3, 0.4) is 0 Å². The maximum atomic E-state index is 12.3. The maximum absolute atomic E-state index is 12.3. The Labute approximate surface area is 141 Å². The summed E-state index contributed by atoms with van der Waals surface area (Å²) in [4.78, 5) is 24.7. The summed E-state index contributed by atoms with van der Waals surface area (Å²) < 4.78 is 3.99. The van der Waals surface area contributed by atoms with Crippen LogP contribution in [0, 0.1) is 6.92 Å². The van der Waals surface area contributed by atoms with E-state index in [0.29, 0.717) is 0 Å². The third-order valence-corrected chi connectivity index (χ3v) is 4.31. The van der Waals surface area contributed by atoms with Gasteiger partial charge in [0, 0.05) is 17.2 Å². The molecule has 6 heteroatoms. The van der Waals surface area contributed by atoms with Crippen LogP contribution in [-0.2, 0) is 18.4 Å². The lowest BCUT2D eigenvalue weighted by Gasteiger charge is -2.09. The van der Waals surface area contributed by atoms with Gasteiger partial charge in [-0.1, -0.05) is 28.1 Å². The fraction of sp³-hybridized carbons (Fsp3) is 0.176. The summed E-state index contributed by atoms with van der Waals surface area (Å²) in [5.41, 5.74) is 3.06. The third kappa shape index (κ3) is 2.94. The molecular formula is C17H16BrN3O2. The van der Waals surface area contributed by atoms with Gasteiger partial charge in [-0.25, -0.2) is 4.79 Å². The van der Waals surface area contributed by atoms with Gasteiger partial charge in [0.2, 0.25) is 5.91 Å². The third-order valence-electron chi connectivity index (χ3n) is 3.82. The second kappa shape index (κ2) is 6.04. The average Bonchev–Trinajstić information content (AvgIpc) is 2.76. The molecule has 1 N–H and O–H groups in total. The van der Waals surface area contributed by atoms with Crippen molar-refractivity contribution in [3.8, 4) is 0 Å². The number of aromatic nitrogens is 2. The molecule has 0 bridgehead atoms. The number of amides is 1. The SMILES string of the molecule is Cc1cc(Br)ccc1NC(=O)Cn1c(=O)n(C)c2ccccc21. The number of rotatable bonds is 3. The van der Waals surface area contributed by atoms with Crippen molar-refractivity contribution in [1.29, 1.82) is 0 Å². The zero-order valence-electron chi connectivity index (χ0n) is 12.8. The summed E-state index contributed by atoms with van der Waals surface area (Å²) in [6.45, 7) is 1.90. The van der Waals surface area contributed by atoms with E-state index < -0.39 is 0 Å². The molecule has 1 heterocycles. The van der Waals surface area contributed by atoms with Crippen molar-refractivity contribution in [2.24, 2.45) is 7.05 Å². The summed E-state index contributed by atoms with van der Waals surface area (Å²) in [6, 6.07) is 13.1. The van der Waals surface area contributed by atoms with E-state index >= 15 is 0 Å². The number of nitrogens with one attached hydrogen (secondary N) is 1. The number of hydrogen-bond donors (Lipinski definition) is 1. The molecule has 1 amide bonds. The molecule has 23 heavy (non-hydrogen) atoms. The largest absolute Gasteiger partial charge is 0.329 e. The molecule has 5 nitrogen and oxygen atoms in total. The number of hydrogen-bond acceptors (Lipinski definition) is 2. The Bertz CT molecular complexity index is 956. The molecule has 2 aromatic carbocycles. The van der Waals surface area contributed by atoms with Crippen molar-refractivity contribution in [3.05, 3.63) is 63.0 Å². The first-order chi connectivity index (χ1) is 11.0. The molecule has 0 saturated carbocycles. The minimum atomic E-state index is -0.228. The Morgan fingerprint density at radius 2 is 1.87 bits per heavy atom. The standard InChI is InChI=1S/C17H16BrN3O2/c1-11-9-12(18)7-8-13(11)19-16(22)10-21-15-6-4-3-5-14(15)20(2)17(21)23/h3-9H,10H2,1-2H3,(H,19,22). The summed E-state index contributed by atoms with van der Waals surface area (Å²) in [6.07, 6.45) is 0. The summed E-state index contributed by atoms with van der Waals surface area (Å²) >= 11 is 3.39. The van der Waals surface area contributed by atoms with Crippen molar-refractivity contribution in [1.82, 2.24) is 9.13 Å². The molecule has 1 aromatic heterocycles. The van der Waals surface area contributed by atoms with Gasteiger partial charge in [-0.3, -0.25) is 13.9 Å². The molecule has 0 radical (unpaired) electrons. The van der Waals surface area contributed by atoms with Crippen LogP contribution >= 0.6 is 15.9 Å². The summed E-state index contributed by atoms with van der Waals surface area (Å²) in [7, 11) is 1.71. The van der Waals surface area contributed by atoms with E-state index in [9.17, 15) is 9.59 Å². The first-order valence-corrected chi connectivity index (χ1v) is 7.97. The fourth-order valence-corrected chi connectivity index (χ4v) is 3.09. The van der Waals surface area contributed by atoms with Crippen molar-refractivity contribution in [3.63, 3.8) is 0 Å². The van der Waals surface area contributed by atoms with Crippen molar-refractivity contribution in [2.75, 3.05) is 5.32 Å². The van der Waals surface area contributed by atoms with Crippen LogP contribution < -0.4 is 11.0 Å². The van der Waals surface area contributed by atoms with Gasteiger partial charge in [0.15, 0.2) is 0 Å². The summed E-state index contributed by atoms with van der Waals surface area (Å²) in [5, 5.41) is 2.86. The Kier molecular flexibility index (Phi) is 4.09. The van der Waals surface area contributed by atoms with E-state index in [1.165, 1.54) is 4.57 Å². The number of imidazole rings is 1. The van der Waals surface area contributed by atoms with E-state index in [1.54, 1.807) is 11.6 Å². The van der Waals surface area contributed by atoms with Crippen LogP contribution in [0.25, 0.3) is 11.0 Å². The number of carbonyl (C=O) groups excluding carboxylic acids is 1. The van der Waals surface area contributed by atoms with Crippen molar-refractivity contribution >= 4 is 38.6 Å². The Morgan fingerprint density at radius 1 is 1.17 bits per heavy atom. The molecule has 0 spiro atoms. The van der Waals surface area contributed by atoms with Gasteiger partial charge in [-0.2, -0.15) is 0 Å². The molecular weight excluding hydrogens is 358 g/mol. The van der Waals surface area contributed by atoms with Gasteiger partial charge in [0.25, 0.3) is 0 Å². The zero-order chi connectivity index (χ0) is 16.6. The average molecular weight is 374 g/mol. The molecule has 3 rings (SSSR count). The lowest BCUT2D eigenvalue weighted by Crippen LogP contribution is -2.28. The molecule has 0 aliphatic carbocycles. The van der Waals surface area contributed by atoms with Crippen molar-refractivity contribution < 1.29 is 4.79 Å². The number of halogens is 1. The number of para-hydroxylation sites is 2. The smallest absolute Gasteiger partial charge is 0.324 e. The van der Waals surface area contributed by atoms with Gasteiger partial charge in [-0.15, -0.1) is 0 Å². The minimum Gasteiger partial charge on any atom is -0.324 e. The molecule has 3 aromatic rings. The number of carbonyl (C=O) groups is 1. The van der Waals surface area contributed by atoms with Crippen LogP contribution in [0.15, 0.2) is 51.7 Å². The van der Waals surface area contributed by atoms with Crippen LogP contribution in [0.2, 0.25) is 0 Å². The number of nitrogens with zero attached hydrogens (tertiary/aromatic N) is 2. The number of aryl methyl sites for hydroxylation is 2. The predicted molar refractivity (Wildman–Crippen MR) is 94.7 cm³/mol. The van der Waals surface area contributed by atoms with E-state index in [-0.39, 0.29) is 18.1 Å². The number of anilines is 1. The molecule has 0 unspecified atom stereocenters. The van der Waals surface area contributed by atoms with E-state index in [0.717, 1.165) is 26.8 Å². The number of fused-ring (bicyclic) bond motifs is 1. The van der Waals surface area contributed by atoms with Crippen LogP contribution in [0.1, 0.15) is 5.56 Å². The lowest BCUT2D eigenvalue weighted by molar-refractivity contribution is -0.116. The van der Waals surface area contributed by atoms with Gasteiger partial charge >= 0.3 is 5.69 Å². The first-order valence-electron chi connectivity index (χ1n) is 7.17. The molecule has 0 saturated heterocycles. The van der Waals surface area contributed by atoms with Crippen LogP contribution in [-0.4, -0.2) is 15.0 Å². The van der Waals surface area contributed by atoms with E-state index in [2.05, 4.69) is 21.2 Å². The highest BCUT2D eigenvalue weighted by molar-refractivity contribution is 9.10. The second-order valence-corrected chi connectivity index (χ2v) is 6.34. The topological polar surface area (TPSA) is 56.0 Å². The normalized spacial score (nSPS) is 10.9. The second-order valence-electron chi connectivity index (χ2n) is 5.42. The molecule has 0 aliphatic heterocycles. The van der Waals surface area contributed by atoms with Gasteiger partial charge in [0.1, 0.15) is 6.54 Å². The lowest BCUT2D eigenvalue weighted by atomic mass is 10.2. The quantitative estimate of drug-likeness (QED) is 0.766. The van der Waals surface area contributed by atoms with Crippen molar-refractivity contribution in [2.45, 2.75) is 13.5 Å². The van der Waals surface area contributed by atoms with E-state index in [4.69, 9.17) is 0 Å². The van der Waals surface area contributed by atoms with Gasteiger partial charge < -0.3 is 5.32 Å². The van der Waals surface area contributed by atoms with Crippen LogP contribution in [0.4, 0.5) is 5.69 Å². The maximum Gasteiger partial charge on any atom is 0.329 e. The number of benzene rings is 2. The van der Waals surface area contributed by atoms with Gasteiger partial charge in [0.05, 0.1) is 11.0 Å². The molecule has 0 aliphatic rings. The fourth-order valence-electron chi connectivity index (χ4n) is 2.62. The highest BCUT2D eigenvalue weighted by Gasteiger charge is 2.13. The predicted octanol–water partition coefficient (Wildman–Crippen LogP) is 3.05. The highest BCUT2D eigenvalue weighted by atomic mass is 79.9. The Balaban J connectivity index is 1.89. The summed E-state index contributed by atoms with van der Waals surface area (Å²) in [5.74, 6) is -0.228. The monoisotopic (exact) mass is 373 g/mol. The molecule has 118 valence electrons. The molecule has 0 fully saturated rings. The van der Waals surface area contributed by atoms with Gasteiger partial charge in [-0.05, 0) is 42.8 Å². The molecule has 0 atom stereocenters. The highest BCUT2D eigenvalue weighted by Crippen LogP contribution is 2.20. The first kappa shape index (κ1) is 15.6. The van der Waals surface area contributed by atoms with E-state index in [1.807, 2.05) is 49.4 Å². The Morgan fingerprint density at radius 3 is 2.57 bits per heavy atom.